The number of para-hydroxylation sites is 1. The van der Waals surface area contributed by atoms with Crippen LogP contribution in [-0.4, -0.2) is 79.4 Å². The minimum atomic E-state index is 0.00407. The van der Waals surface area contributed by atoms with E-state index in [1.807, 2.05) is 34.1 Å². The molecule has 0 aromatic heterocycles. The molecule has 1 aromatic rings. The van der Waals surface area contributed by atoms with Crippen LogP contribution >= 0.6 is 0 Å². The number of rotatable bonds is 5. The fourth-order valence-corrected chi connectivity index (χ4v) is 3.81. The van der Waals surface area contributed by atoms with Crippen molar-refractivity contribution in [1.29, 1.82) is 0 Å². The summed E-state index contributed by atoms with van der Waals surface area (Å²) in [5.74, 6) is 0.991. The molecule has 0 bridgehead atoms. The van der Waals surface area contributed by atoms with E-state index in [-0.39, 0.29) is 11.8 Å². The zero-order valence-electron chi connectivity index (χ0n) is 16.8. The van der Waals surface area contributed by atoms with Gasteiger partial charge in [-0.2, -0.15) is 0 Å². The van der Waals surface area contributed by atoms with Crippen molar-refractivity contribution in [2.24, 2.45) is 0 Å². The smallest absolute Gasteiger partial charge is 0.246 e. The number of carbonyl (C=O) groups excluding carboxylic acids is 2. The summed E-state index contributed by atoms with van der Waals surface area (Å²) < 4.78 is 5.31. The molecule has 2 heterocycles. The van der Waals surface area contributed by atoms with Crippen LogP contribution in [-0.2, 0) is 9.59 Å². The molecule has 2 aliphatic heterocycles. The monoisotopic (exact) mass is 385 g/mol. The zero-order valence-corrected chi connectivity index (χ0v) is 16.8. The quantitative estimate of drug-likeness (QED) is 0.730. The molecule has 2 fully saturated rings. The van der Waals surface area contributed by atoms with Gasteiger partial charge in [0, 0.05) is 50.9 Å². The Balaban J connectivity index is 1.46. The molecule has 0 radical (unpaired) electrons. The van der Waals surface area contributed by atoms with Gasteiger partial charge in [0.2, 0.25) is 11.8 Å². The summed E-state index contributed by atoms with van der Waals surface area (Å²) in [6, 6.07) is 7.64. The Kier molecular flexibility index (Phi) is 7.48. The summed E-state index contributed by atoms with van der Waals surface area (Å²) in [4.78, 5) is 31.1. The summed E-state index contributed by atoms with van der Waals surface area (Å²) in [6.07, 6.45) is 8.10. The molecule has 152 valence electrons. The minimum Gasteiger partial charge on any atom is -0.496 e. The number of likely N-dealkylation sites (tertiary alicyclic amines) is 1. The normalized spacial score (nSPS) is 18.9. The van der Waals surface area contributed by atoms with Crippen LogP contribution in [0.15, 0.2) is 30.3 Å². The van der Waals surface area contributed by atoms with E-state index in [2.05, 4.69) is 4.90 Å². The maximum atomic E-state index is 12.5. The van der Waals surface area contributed by atoms with E-state index in [0.717, 1.165) is 50.3 Å². The van der Waals surface area contributed by atoms with E-state index in [1.165, 1.54) is 12.8 Å². The Morgan fingerprint density at radius 3 is 2.29 bits per heavy atom. The number of nitrogens with zero attached hydrogens (tertiary/aromatic N) is 3. The highest BCUT2D eigenvalue weighted by molar-refractivity contribution is 5.92. The third-order valence-corrected chi connectivity index (χ3v) is 5.55. The van der Waals surface area contributed by atoms with Crippen LogP contribution in [0, 0.1) is 0 Å². The first-order valence-electron chi connectivity index (χ1n) is 10.3. The van der Waals surface area contributed by atoms with Crippen LogP contribution in [0.25, 0.3) is 6.08 Å². The van der Waals surface area contributed by atoms with Crippen LogP contribution in [0.1, 0.15) is 31.2 Å². The molecule has 0 unspecified atom stereocenters. The van der Waals surface area contributed by atoms with Crippen LogP contribution in [0.5, 0.6) is 5.75 Å². The minimum absolute atomic E-state index is 0.00407. The number of ether oxygens (including phenoxy) is 1. The third-order valence-electron chi connectivity index (χ3n) is 5.55. The average molecular weight is 386 g/mol. The number of piperazine rings is 1. The molecular formula is C22H31N3O3. The van der Waals surface area contributed by atoms with E-state index >= 15 is 0 Å². The van der Waals surface area contributed by atoms with Crippen molar-refractivity contribution in [2.45, 2.75) is 25.7 Å². The number of carbonyl (C=O) groups is 2. The Hall–Kier alpha value is -2.34. The van der Waals surface area contributed by atoms with Gasteiger partial charge >= 0.3 is 0 Å². The maximum absolute atomic E-state index is 12.5. The summed E-state index contributed by atoms with van der Waals surface area (Å²) >= 11 is 0. The molecule has 0 atom stereocenters. The van der Waals surface area contributed by atoms with E-state index < -0.39 is 0 Å². The Bertz CT molecular complexity index is 688. The molecule has 0 N–H and O–H groups in total. The van der Waals surface area contributed by atoms with Crippen molar-refractivity contribution in [1.82, 2.24) is 14.7 Å². The molecule has 0 aliphatic carbocycles. The zero-order chi connectivity index (χ0) is 19.8. The molecule has 2 aliphatic rings. The highest BCUT2D eigenvalue weighted by Crippen LogP contribution is 2.19. The van der Waals surface area contributed by atoms with E-state index in [9.17, 15) is 9.59 Å². The second kappa shape index (κ2) is 10.3. The molecule has 1 aromatic carbocycles. The van der Waals surface area contributed by atoms with Crippen molar-refractivity contribution in [3.8, 4) is 5.75 Å². The van der Waals surface area contributed by atoms with Crippen molar-refractivity contribution in [3.05, 3.63) is 35.9 Å². The first-order valence-corrected chi connectivity index (χ1v) is 10.3. The molecule has 0 spiro atoms. The number of benzene rings is 1. The molecular weight excluding hydrogens is 354 g/mol. The molecule has 2 amide bonds. The first kappa shape index (κ1) is 20.4. The highest BCUT2D eigenvalue weighted by atomic mass is 16.5. The van der Waals surface area contributed by atoms with Crippen molar-refractivity contribution < 1.29 is 14.3 Å². The van der Waals surface area contributed by atoms with E-state index in [0.29, 0.717) is 19.6 Å². The largest absolute Gasteiger partial charge is 0.496 e. The van der Waals surface area contributed by atoms with E-state index in [1.54, 1.807) is 19.3 Å². The van der Waals surface area contributed by atoms with Gasteiger partial charge < -0.3 is 14.5 Å². The van der Waals surface area contributed by atoms with Gasteiger partial charge in [0.1, 0.15) is 5.75 Å². The van der Waals surface area contributed by atoms with Gasteiger partial charge in [-0.15, -0.1) is 0 Å². The lowest BCUT2D eigenvalue weighted by Crippen LogP contribution is -2.51. The molecule has 0 saturated carbocycles. The standard InChI is InChI=1S/C22H31N3O3/c1-28-20-9-5-4-8-19(20)10-11-21(26)25-16-14-23(15-17-25)18-22(27)24-12-6-2-3-7-13-24/h4-5,8-11H,2-3,6-7,12-18H2,1H3/b11-10+. The fourth-order valence-electron chi connectivity index (χ4n) is 3.81. The Morgan fingerprint density at radius 1 is 0.929 bits per heavy atom. The summed E-state index contributed by atoms with van der Waals surface area (Å²) in [7, 11) is 1.63. The van der Waals surface area contributed by atoms with Gasteiger partial charge in [-0.25, -0.2) is 0 Å². The first-order chi connectivity index (χ1) is 13.7. The predicted molar refractivity (Wildman–Crippen MR) is 110 cm³/mol. The fraction of sp³-hybridized carbons (Fsp3) is 0.545. The lowest BCUT2D eigenvalue weighted by molar-refractivity contribution is -0.133. The van der Waals surface area contributed by atoms with Gasteiger partial charge in [0.25, 0.3) is 0 Å². The van der Waals surface area contributed by atoms with E-state index in [4.69, 9.17) is 4.74 Å². The average Bonchev–Trinajstić information content (AvgIpc) is 3.02. The second-order valence-electron chi connectivity index (χ2n) is 7.47. The van der Waals surface area contributed by atoms with Gasteiger partial charge in [-0.05, 0) is 25.0 Å². The highest BCUT2D eigenvalue weighted by Gasteiger charge is 2.23. The lowest BCUT2D eigenvalue weighted by Gasteiger charge is -2.34. The van der Waals surface area contributed by atoms with Crippen molar-refractivity contribution in [2.75, 3.05) is 52.9 Å². The van der Waals surface area contributed by atoms with Crippen LogP contribution < -0.4 is 4.74 Å². The number of methoxy groups -OCH3 is 1. The summed E-state index contributed by atoms with van der Waals surface area (Å²) in [5.41, 5.74) is 0.889. The maximum Gasteiger partial charge on any atom is 0.246 e. The summed E-state index contributed by atoms with van der Waals surface area (Å²) in [6.45, 7) is 5.06. The van der Waals surface area contributed by atoms with Gasteiger partial charge in [0.15, 0.2) is 0 Å². The molecule has 6 nitrogen and oxygen atoms in total. The number of hydrogen-bond acceptors (Lipinski definition) is 4. The number of hydrogen-bond donors (Lipinski definition) is 0. The predicted octanol–water partition coefficient (Wildman–Crippen LogP) is 2.26. The van der Waals surface area contributed by atoms with Gasteiger partial charge in [-0.3, -0.25) is 14.5 Å². The molecule has 28 heavy (non-hydrogen) atoms. The summed E-state index contributed by atoms with van der Waals surface area (Å²) in [5, 5.41) is 0. The molecule has 6 heteroatoms. The van der Waals surface area contributed by atoms with Crippen LogP contribution in [0.4, 0.5) is 0 Å². The van der Waals surface area contributed by atoms with Crippen LogP contribution in [0.3, 0.4) is 0 Å². The topological polar surface area (TPSA) is 53.1 Å². The Labute approximate surface area is 167 Å². The number of amides is 2. The van der Waals surface area contributed by atoms with Gasteiger partial charge in [-0.1, -0.05) is 31.0 Å². The molecule has 2 saturated heterocycles. The Morgan fingerprint density at radius 2 is 1.61 bits per heavy atom. The van der Waals surface area contributed by atoms with Crippen LogP contribution in [0.2, 0.25) is 0 Å². The third kappa shape index (κ3) is 5.58. The second-order valence-corrected chi connectivity index (χ2v) is 7.47. The van der Waals surface area contributed by atoms with Gasteiger partial charge in [0.05, 0.1) is 13.7 Å². The molecule has 3 rings (SSSR count). The lowest BCUT2D eigenvalue weighted by atomic mass is 10.2. The SMILES string of the molecule is COc1ccccc1/C=C/C(=O)N1CCN(CC(=O)N2CCCCCC2)CC1. The van der Waals surface area contributed by atoms with Crippen molar-refractivity contribution >= 4 is 17.9 Å². The van der Waals surface area contributed by atoms with Crippen molar-refractivity contribution in [3.63, 3.8) is 0 Å².